The van der Waals surface area contributed by atoms with Crippen LogP contribution >= 0.6 is 0 Å². The maximum atomic E-state index is 11.9. The summed E-state index contributed by atoms with van der Waals surface area (Å²) in [7, 11) is 0. The van der Waals surface area contributed by atoms with E-state index in [0.717, 1.165) is 38.9 Å². The van der Waals surface area contributed by atoms with Crippen molar-refractivity contribution in [1.29, 1.82) is 0 Å². The molecule has 0 spiro atoms. The molecule has 24 heavy (non-hydrogen) atoms. The summed E-state index contributed by atoms with van der Waals surface area (Å²) in [6.07, 6.45) is 8.71. The summed E-state index contributed by atoms with van der Waals surface area (Å²) in [4.78, 5) is 25.1. The molecule has 0 bridgehead atoms. The Morgan fingerprint density at radius 1 is 1.12 bits per heavy atom. The SMILES string of the molecule is CCCCCCCC(CC(=O)O)OC(=O)NCCN1CCCCC1. The number of aliphatic carboxylic acids is 1. The normalized spacial score (nSPS) is 16.5. The van der Waals surface area contributed by atoms with Gasteiger partial charge in [-0.3, -0.25) is 4.79 Å². The maximum absolute atomic E-state index is 11.9. The second kappa shape index (κ2) is 13.0. The second-order valence-electron chi connectivity index (χ2n) is 6.66. The zero-order chi connectivity index (χ0) is 17.6. The van der Waals surface area contributed by atoms with Gasteiger partial charge in [0, 0.05) is 13.1 Å². The first-order valence-electron chi connectivity index (χ1n) is 9.50. The van der Waals surface area contributed by atoms with Crippen LogP contribution in [0.2, 0.25) is 0 Å². The predicted molar refractivity (Wildman–Crippen MR) is 94.2 cm³/mol. The molecule has 1 aliphatic heterocycles. The lowest BCUT2D eigenvalue weighted by molar-refractivity contribution is -0.139. The molecule has 1 unspecified atom stereocenters. The number of nitrogens with one attached hydrogen (secondary N) is 1. The molecule has 0 aromatic heterocycles. The smallest absolute Gasteiger partial charge is 0.407 e. The molecule has 6 nitrogen and oxygen atoms in total. The lowest BCUT2D eigenvalue weighted by Gasteiger charge is -2.26. The molecule has 1 amide bonds. The minimum atomic E-state index is -0.922. The molecule has 6 heteroatoms. The van der Waals surface area contributed by atoms with Crippen LogP contribution in [0, 0.1) is 0 Å². The lowest BCUT2D eigenvalue weighted by atomic mass is 10.1. The number of carboxylic acids is 1. The Labute approximate surface area is 145 Å². The van der Waals surface area contributed by atoms with Gasteiger partial charge in [0.1, 0.15) is 6.10 Å². The molecule has 0 saturated carbocycles. The number of carboxylic acid groups (broad SMARTS) is 1. The third-order valence-corrected chi connectivity index (χ3v) is 4.45. The van der Waals surface area contributed by atoms with Crippen LogP contribution in [0.15, 0.2) is 0 Å². The Morgan fingerprint density at radius 2 is 1.83 bits per heavy atom. The third-order valence-electron chi connectivity index (χ3n) is 4.45. The molecule has 0 aromatic rings. The van der Waals surface area contributed by atoms with Gasteiger partial charge < -0.3 is 20.1 Å². The van der Waals surface area contributed by atoms with Gasteiger partial charge in [-0.15, -0.1) is 0 Å². The molecular formula is C18H34N2O4. The average Bonchev–Trinajstić information content (AvgIpc) is 2.55. The summed E-state index contributed by atoms with van der Waals surface area (Å²) in [5, 5.41) is 11.7. The predicted octanol–water partition coefficient (Wildman–Crippen LogP) is 3.40. The number of hydrogen-bond acceptors (Lipinski definition) is 4. The van der Waals surface area contributed by atoms with Gasteiger partial charge >= 0.3 is 12.1 Å². The first kappa shape index (κ1) is 20.7. The van der Waals surface area contributed by atoms with E-state index in [9.17, 15) is 9.59 Å². The van der Waals surface area contributed by atoms with Crippen molar-refractivity contribution in [2.75, 3.05) is 26.2 Å². The molecule has 1 saturated heterocycles. The summed E-state index contributed by atoms with van der Waals surface area (Å²) in [6, 6.07) is 0. The maximum Gasteiger partial charge on any atom is 0.407 e. The number of piperidine rings is 1. The molecular weight excluding hydrogens is 308 g/mol. The Balaban J connectivity index is 2.19. The van der Waals surface area contributed by atoms with E-state index >= 15 is 0 Å². The Morgan fingerprint density at radius 3 is 2.50 bits per heavy atom. The molecule has 0 aliphatic carbocycles. The molecule has 2 N–H and O–H groups in total. The van der Waals surface area contributed by atoms with E-state index in [1.807, 2.05) is 0 Å². The van der Waals surface area contributed by atoms with Gasteiger partial charge in [-0.25, -0.2) is 4.79 Å². The fourth-order valence-corrected chi connectivity index (χ4v) is 3.07. The third kappa shape index (κ3) is 10.5. The number of rotatable bonds is 12. The number of alkyl carbamates (subject to hydrolysis) is 1. The summed E-state index contributed by atoms with van der Waals surface area (Å²) >= 11 is 0. The van der Waals surface area contributed by atoms with Crippen LogP contribution in [-0.4, -0.2) is 54.4 Å². The van der Waals surface area contributed by atoms with E-state index in [1.54, 1.807) is 0 Å². The fraction of sp³-hybridized carbons (Fsp3) is 0.889. The molecule has 1 fully saturated rings. The first-order chi connectivity index (χ1) is 11.6. The van der Waals surface area contributed by atoms with Crippen molar-refractivity contribution < 1.29 is 19.4 Å². The van der Waals surface area contributed by atoms with Crippen molar-refractivity contribution in [2.45, 2.75) is 77.2 Å². The van der Waals surface area contributed by atoms with E-state index in [4.69, 9.17) is 9.84 Å². The van der Waals surface area contributed by atoms with Crippen LogP contribution in [0.4, 0.5) is 4.79 Å². The van der Waals surface area contributed by atoms with E-state index < -0.39 is 18.2 Å². The second-order valence-corrected chi connectivity index (χ2v) is 6.66. The van der Waals surface area contributed by atoms with Crippen molar-refractivity contribution in [3.05, 3.63) is 0 Å². The minimum absolute atomic E-state index is 0.118. The monoisotopic (exact) mass is 342 g/mol. The van der Waals surface area contributed by atoms with Gasteiger partial charge in [-0.1, -0.05) is 39.0 Å². The van der Waals surface area contributed by atoms with Crippen LogP contribution in [-0.2, 0) is 9.53 Å². The summed E-state index contributed by atoms with van der Waals surface area (Å²) < 4.78 is 5.31. The van der Waals surface area contributed by atoms with Crippen LogP contribution in [0.3, 0.4) is 0 Å². The number of likely N-dealkylation sites (tertiary alicyclic amines) is 1. The van der Waals surface area contributed by atoms with Crippen LogP contribution < -0.4 is 5.32 Å². The summed E-state index contributed by atoms with van der Waals surface area (Å²) in [5.74, 6) is -0.922. The van der Waals surface area contributed by atoms with Crippen LogP contribution in [0.25, 0.3) is 0 Å². The number of carbonyl (C=O) groups excluding carboxylic acids is 1. The van der Waals surface area contributed by atoms with Gasteiger partial charge in [0.15, 0.2) is 0 Å². The summed E-state index contributed by atoms with van der Waals surface area (Å²) in [5.41, 5.74) is 0. The van der Waals surface area contributed by atoms with Crippen LogP contribution in [0.1, 0.15) is 71.1 Å². The van der Waals surface area contributed by atoms with Crippen molar-refractivity contribution in [2.24, 2.45) is 0 Å². The number of hydrogen-bond donors (Lipinski definition) is 2. The molecule has 0 aromatic carbocycles. The fourth-order valence-electron chi connectivity index (χ4n) is 3.07. The van der Waals surface area contributed by atoms with Gasteiger partial charge in [-0.2, -0.15) is 0 Å². The van der Waals surface area contributed by atoms with E-state index in [-0.39, 0.29) is 6.42 Å². The van der Waals surface area contributed by atoms with Gasteiger partial charge in [0.05, 0.1) is 6.42 Å². The minimum Gasteiger partial charge on any atom is -0.481 e. The largest absolute Gasteiger partial charge is 0.481 e. The Bertz CT molecular complexity index is 357. The molecule has 1 heterocycles. The quantitative estimate of drug-likeness (QED) is 0.531. The number of unbranched alkanes of at least 4 members (excludes halogenated alkanes) is 4. The van der Waals surface area contributed by atoms with E-state index in [1.165, 1.54) is 32.1 Å². The number of ether oxygens (including phenoxy) is 1. The number of nitrogens with zero attached hydrogens (tertiary/aromatic N) is 1. The highest BCUT2D eigenvalue weighted by Crippen LogP contribution is 2.12. The molecule has 1 atom stereocenters. The standard InChI is InChI=1S/C18H34N2O4/c1-2-3-4-5-7-10-16(15-17(21)22)24-18(23)19-11-14-20-12-8-6-9-13-20/h16H,2-15H2,1H3,(H,19,23)(H,21,22). The van der Waals surface area contributed by atoms with Gasteiger partial charge in [0.25, 0.3) is 0 Å². The summed E-state index contributed by atoms with van der Waals surface area (Å²) in [6.45, 7) is 5.72. The first-order valence-corrected chi connectivity index (χ1v) is 9.50. The van der Waals surface area contributed by atoms with E-state index in [2.05, 4.69) is 17.1 Å². The highest BCUT2D eigenvalue weighted by molar-refractivity contribution is 5.70. The Kier molecular flexibility index (Phi) is 11.3. The van der Waals surface area contributed by atoms with Crippen LogP contribution in [0.5, 0.6) is 0 Å². The number of carbonyl (C=O) groups is 2. The molecule has 140 valence electrons. The van der Waals surface area contributed by atoms with Gasteiger partial charge in [0.2, 0.25) is 0 Å². The zero-order valence-corrected chi connectivity index (χ0v) is 15.1. The van der Waals surface area contributed by atoms with Crippen molar-refractivity contribution in [3.8, 4) is 0 Å². The van der Waals surface area contributed by atoms with Gasteiger partial charge in [-0.05, 0) is 38.8 Å². The van der Waals surface area contributed by atoms with Crippen molar-refractivity contribution in [1.82, 2.24) is 10.2 Å². The molecule has 1 aliphatic rings. The Hall–Kier alpha value is -1.30. The number of amides is 1. The van der Waals surface area contributed by atoms with E-state index in [0.29, 0.717) is 13.0 Å². The zero-order valence-electron chi connectivity index (χ0n) is 15.1. The van der Waals surface area contributed by atoms with Crippen molar-refractivity contribution in [3.63, 3.8) is 0 Å². The topological polar surface area (TPSA) is 78.9 Å². The highest BCUT2D eigenvalue weighted by Gasteiger charge is 2.18. The molecule has 1 rings (SSSR count). The van der Waals surface area contributed by atoms with Crippen molar-refractivity contribution >= 4 is 12.1 Å². The average molecular weight is 342 g/mol. The molecule has 0 radical (unpaired) electrons. The lowest BCUT2D eigenvalue weighted by Crippen LogP contribution is -2.38. The highest BCUT2D eigenvalue weighted by atomic mass is 16.6.